The molecule has 102 valence electrons. The lowest BCUT2D eigenvalue weighted by Crippen LogP contribution is -2.34. The molecule has 0 radical (unpaired) electrons. The summed E-state index contributed by atoms with van der Waals surface area (Å²) in [5, 5.41) is 15.1. The summed E-state index contributed by atoms with van der Waals surface area (Å²) in [5.41, 5.74) is 5.67. The van der Waals surface area contributed by atoms with Crippen molar-refractivity contribution in [3.8, 4) is 0 Å². The molecule has 1 aromatic heterocycles. The third-order valence-corrected chi connectivity index (χ3v) is 3.12. The predicted octanol–water partition coefficient (Wildman–Crippen LogP) is -0.106. The number of anilines is 2. The molecule has 0 saturated heterocycles. The Morgan fingerprint density at radius 3 is 3.00 bits per heavy atom. The molecule has 1 unspecified atom stereocenters. The van der Waals surface area contributed by atoms with E-state index < -0.39 is 0 Å². The van der Waals surface area contributed by atoms with Crippen molar-refractivity contribution in [3.05, 3.63) is 4.88 Å². The van der Waals surface area contributed by atoms with E-state index in [4.69, 9.17) is 15.6 Å². The van der Waals surface area contributed by atoms with Gasteiger partial charge in [0.25, 0.3) is 5.91 Å². The van der Waals surface area contributed by atoms with Gasteiger partial charge in [-0.2, -0.15) is 0 Å². The van der Waals surface area contributed by atoms with Gasteiger partial charge >= 0.3 is 0 Å². The summed E-state index contributed by atoms with van der Waals surface area (Å²) in [7, 11) is 1.60. The Kier molecular flexibility index (Phi) is 5.83. The van der Waals surface area contributed by atoms with Crippen LogP contribution in [-0.4, -0.2) is 48.9 Å². The summed E-state index contributed by atoms with van der Waals surface area (Å²) in [6.45, 7) is 2.72. The van der Waals surface area contributed by atoms with Crippen molar-refractivity contribution in [1.82, 2.24) is 10.3 Å². The normalized spacial score (nSPS) is 12.2. The zero-order chi connectivity index (χ0) is 13.5. The number of nitrogens with zero attached hydrogens (tertiary/aromatic N) is 1. The van der Waals surface area contributed by atoms with Crippen LogP contribution in [0.3, 0.4) is 0 Å². The van der Waals surface area contributed by atoms with Crippen LogP contribution in [0.1, 0.15) is 16.6 Å². The van der Waals surface area contributed by atoms with E-state index in [1.54, 1.807) is 14.0 Å². The standard InChI is InChI=1S/C10H18N4O3S/c1-6(5-15)13-9(16)7-8(11)14-10(18-7)12-3-4-17-2/h6,15H,3-5,11H2,1-2H3,(H,12,14)(H,13,16). The summed E-state index contributed by atoms with van der Waals surface area (Å²) in [5.74, 6) is -0.145. The topological polar surface area (TPSA) is 110 Å². The number of aliphatic hydroxyl groups excluding tert-OH is 1. The second kappa shape index (κ2) is 7.14. The first-order valence-electron chi connectivity index (χ1n) is 5.49. The number of aromatic nitrogens is 1. The molecule has 0 aromatic carbocycles. The second-order valence-corrected chi connectivity index (χ2v) is 4.71. The SMILES string of the molecule is COCCNc1nc(N)c(C(=O)NC(C)CO)s1. The number of nitrogens with two attached hydrogens (primary N) is 1. The second-order valence-electron chi connectivity index (χ2n) is 3.71. The molecular formula is C10H18N4O3S. The van der Waals surface area contributed by atoms with Crippen molar-refractivity contribution >= 4 is 28.2 Å². The van der Waals surface area contributed by atoms with Crippen LogP contribution in [0.5, 0.6) is 0 Å². The van der Waals surface area contributed by atoms with Crippen LogP contribution in [0.25, 0.3) is 0 Å². The molecule has 1 rings (SSSR count). The quantitative estimate of drug-likeness (QED) is 0.517. The molecule has 1 amide bonds. The number of amides is 1. The van der Waals surface area contributed by atoms with Gasteiger partial charge in [0, 0.05) is 19.7 Å². The highest BCUT2D eigenvalue weighted by atomic mass is 32.1. The van der Waals surface area contributed by atoms with Crippen LogP contribution in [0, 0.1) is 0 Å². The first kappa shape index (κ1) is 14.7. The van der Waals surface area contributed by atoms with E-state index in [1.165, 1.54) is 11.3 Å². The number of rotatable bonds is 7. The average Bonchev–Trinajstić information content (AvgIpc) is 2.70. The van der Waals surface area contributed by atoms with E-state index in [9.17, 15) is 4.79 Å². The number of thiazole rings is 1. The molecule has 0 saturated carbocycles. The number of ether oxygens (including phenoxy) is 1. The van der Waals surface area contributed by atoms with Crippen molar-refractivity contribution in [1.29, 1.82) is 0 Å². The van der Waals surface area contributed by atoms with Gasteiger partial charge in [-0.05, 0) is 6.92 Å². The number of carbonyl (C=O) groups is 1. The Bertz CT molecular complexity index is 396. The maximum atomic E-state index is 11.8. The first-order chi connectivity index (χ1) is 8.58. The van der Waals surface area contributed by atoms with Crippen molar-refractivity contribution in [2.24, 2.45) is 0 Å². The van der Waals surface area contributed by atoms with Gasteiger partial charge in [0.15, 0.2) is 5.13 Å². The van der Waals surface area contributed by atoms with E-state index in [1.807, 2.05) is 0 Å². The van der Waals surface area contributed by atoms with Gasteiger partial charge in [-0.25, -0.2) is 4.98 Å². The van der Waals surface area contributed by atoms with E-state index >= 15 is 0 Å². The molecular weight excluding hydrogens is 256 g/mol. The number of hydrogen-bond donors (Lipinski definition) is 4. The van der Waals surface area contributed by atoms with Crippen LogP contribution >= 0.6 is 11.3 Å². The molecule has 18 heavy (non-hydrogen) atoms. The van der Waals surface area contributed by atoms with Gasteiger partial charge in [-0.15, -0.1) is 0 Å². The molecule has 0 fully saturated rings. The number of methoxy groups -OCH3 is 1. The lowest BCUT2D eigenvalue weighted by Gasteiger charge is -2.09. The zero-order valence-electron chi connectivity index (χ0n) is 10.4. The number of nitrogens with one attached hydrogen (secondary N) is 2. The molecule has 0 spiro atoms. The lowest BCUT2D eigenvalue weighted by molar-refractivity contribution is 0.0927. The smallest absolute Gasteiger partial charge is 0.265 e. The Balaban J connectivity index is 2.63. The summed E-state index contributed by atoms with van der Waals surface area (Å²) >= 11 is 1.17. The molecule has 1 atom stereocenters. The fraction of sp³-hybridized carbons (Fsp3) is 0.600. The fourth-order valence-corrected chi connectivity index (χ4v) is 1.98. The Morgan fingerprint density at radius 1 is 1.67 bits per heavy atom. The van der Waals surface area contributed by atoms with Gasteiger partial charge in [-0.3, -0.25) is 4.79 Å². The van der Waals surface area contributed by atoms with Gasteiger partial charge in [0.05, 0.1) is 13.2 Å². The maximum Gasteiger partial charge on any atom is 0.265 e. The van der Waals surface area contributed by atoms with Crippen molar-refractivity contribution in [2.45, 2.75) is 13.0 Å². The van der Waals surface area contributed by atoms with Gasteiger partial charge < -0.3 is 26.2 Å². The molecule has 0 aliphatic carbocycles. The van der Waals surface area contributed by atoms with E-state index in [-0.39, 0.29) is 24.4 Å². The monoisotopic (exact) mass is 274 g/mol. The van der Waals surface area contributed by atoms with E-state index in [0.29, 0.717) is 23.2 Å². The summed E-state index contributed by atoms with van der Waals surface area (Å²) in [6, 6.07) is -0.316. The molecule has 5 N–H and O–H groups in total. The maximum absolute atomic E-state index is 11.8. The minimum atomic E-state index is -0.327. The molecule has 1 heterocycles. The van der Waals surface area contributed by atoms with Crippen LogP contribution < -0.4 is 16.4 Å². The highest BCUT2D eigenvalue weighted by Gasteiger charge is 2.17. The number of hydrogen-bond acceptors (Lipinski definition) is 7. The molecule has 7 nitrogen and oxygen atoms in total. The molecule has 8 heteroatoms. The molecule has 0 aliphatic heterocycles. The van der Waals surface area contributed by atoms with Gasteiger partial charge in [0.1, 0.15) is 10.7 Å². The van der Waals surface area contributed by atoms with Gasteiger partial charge in [-0.1, -0.05) is 11.3 Å². The van der Waals surface area contributed by atoms with E-state index in [2.05, 4.69) is 15.6 Å². The van der Waals surface area contributed by atoms with Gasteiger partial charge in [0.2, 0.25) is 0 Å². The van der Waals surface area contributed by atoms with Crippen LogP contribution in [-0.2, 0) is 4.74 Å². The summed E-state index contributed by atoms with van der Waals surface area (Å²) < 4.78 is 4.89. The number of carbonyl (C=O) groups excluding carboxylic acids is 1. The highest BCUT2D eigenvalue weighted by molar-refractivity contribution is 7.18. The number of nitrogen functional groups attached to an aromatic ring is 1. The predicted molar refractivity (Wildman–Crippen MR) is 70.9 cm³/mol. The largest absolute Gasteiger partial charge is 0.394 e. The number of aliphatic hydroxyl groups is 1. The van der Waals surface area contributed by atoms with E-state index in [0.717, 1.165) is 0 Å². The van der Waals surface area contributed by atoms with Crippen molar-refractivity contribution < 1.29 is 14.6 Å². The van der Waals surface area contributed by atoms with Crippen molar-refractivity contribution in [2.75, 3.05) is 37.9 Å². The van der Waals surface area contributed by atoms with Crippen molar-refractivity contribution in [3.63, 3.8) is 0 Å². The minimum absolute atomic E-state index is 0.122. The zero-order valence-corrected chi connectivity index (χ0v) is 11.2. The summed E-state index contributed by atoms with van der Waals surface area (Å²) in [6.07, 6.45) is 0. The summed E-state index contributed by atoms with van der Waals surface area (Å²) in [4.78, 5) is 16.2. The molecule has 1 aromatic rings. The Morgan fingerprint density at radius 2 is 2.39 bits per heavy atom. The van der Waals surface area contributed by atoms with Crippen LogP contribution in [0.15, 0.2) is 0 Å². The Hall–Kier alpha value is -1.38. The van der Waals surface area contributed by atoms with Crippen LogP contribution in [0.2, 0.25) is 0 Å². The third kappa shape index (κ3) is 4.13. The fourth-order valence-electron chi connectivity index (χ4n) is 1.17. The molecule has 0 aliphatic rings. The lowest BCUT2D eigenvalue weighted by atomic mass is 10.3. The highest BCUT2D eigenvalue weighted by Crippen LogP contribution is 2.24. The minimum Gasteiger partial charge on any atom is -0.394 e. The average molecular weight is 274 g/mol. The first-order valence-corrected chi connectivity index (χ1v) is 6.31. The third-order valence-electron chi connectivity index (χ3n) is 2.09. The van der Waals surface area contributed by atoms with Crippen LogP contribution in [0.4, 0.5) is 10.9 Å². The molecule has 0 bridgehead atoms. The Labute approximate surface area is 109 Å².